The molecule has 0 radical (unpaired) electrons. The molecule has 0 aliphatic carbocycles. The molecule has 0 unspecified atom stereocenters. The first-order chi connectivity index (χ1) is 16.8. The van der Waals surface area contributed by atoms with Crippen molar-refractivity contribution in [1.29, 1.82) is 0 Å². The van der Waals surface area contributed by atoms with E-state index < -0.39 is 23.6 Å². The van der Waals surface area contributed by atoms with Gasteiger partial charge in [0.25, 0.3) is 23.6 Å². The molecule has 5 rings (SSSR count). The van der Waals surface area contributed by atoms with Gasteiger partial charge in [0, 0.05) is 29.0 Å². The van der Waals surface area contributed by atoms with Crippen molar-refractivity contribution in [1.82, 2.24) is 10.6 Å². The quantitative estimate of drug-likeness (QED) is 0.392. The monoisotopic (exact) mass is 465 g/mol. The van der Waals surface area contributed by atoms with Gasteiger partial charge in [-0.15, -0.1) is 0 Å². The van der Waals surface area contributed by atoms with Crippen molar-refractivity contribution >= 4 is 40.5 Å². The van der Waals surface area contributed by atoms with Gasteiger partial charge < -0.3 is 10.5 Å². The van der Waals surface area contributed by atoms with Crippen LogP contribution in [0.1, 0.15) is 16.7 Å². The van der Waals surface area contributed by atoms with Gasteiger partial charge in [-0.2, -0.15) is 0 Å². The summed E-state index contributed by atoms with van der Waals surface area (Å²) in [5.41, 5.74) is 9.48. The number of imide groups is 2. The number of nitrogens with one attached hydrogen (secondary N) is 2. The van der Waals surface area contributed by atoms with Crippen LogP contribution in [0.4, 0.5) is 5.69 Å². The second-order valence-corrected chi connectivity index (χ2v) is 8.10. The van der Waals surface area contributed by atoms with Crippen LogP contribution in [0.2, 0.25) is 0 Å². The van der Waals surface area contributed by atoms with Crippen LogP contribution in [0.15, 0.2) is 72.8 Å². The van der Waals surface area contributed by atoms with Crippen LogP contribution in [-0.4, -0.2) is 23.6 Å². The molecule has 35 heavy (non-hydrogen) atoms. The van der Waals surface area contributed by atoms with Crippen LogP contribution in [0.5, 0.6) is 11.5 Å². The molecule has 8 heteroatoms. The number of nitrogens with two attached hydrogens (primary N) is 1. The maximum atomic E-state index is 12.7. The minimum Gasteiger partial charge on any atom is -0.457 e. The van der Waals surface area contributed by atoms with E-state index in [2.05, 4.69) is 10.6 Å². The highest BCUT2D eigenvalue weighted by molar-refractivity contribution is 6.38. The van der Waals surface area contributed by atoms with E-state index in [0.29, 0.717) is 39.4 Å². The maximum Gasteiger partial charge on any atom is 0.258 e. The average molecular weight is 465 g/mol. The number of benzene rings is 3. The first kappa shape index (κ1) is 21.8. The summed E-state index contributed by atoms with van der Waals surface area (Å²) in [7, 11) is 0. The molecule has 0 saturated carbocycles. The molecule has 0 atom stereocenters. The first-order valence-corrected chi connectivity index (χ1v) is 10.7. The highest BCUT2D eigenvalue weighted by Gasteiger charge is 2.32. The fourth-order valence-electron chi connectivity index (χ4n) is 4.12. The van der Waals surface area contributed by atoms with Gasteiger partial charge in [0.15, 0.2) is 0 Å². The van der Waals surface area contributed by atoms with E-state index in [-0.39, 0.29) is 11.1 Å². The van der Waals surface area contributed by atoms with Crippen LogP contribution >= 0.6 is 0 Å². The molecule has 2 aliphatic rings. The lowest BCUT2D eigenvalue weighted by molar-refractivity contribution is -0.124. The van der Waals surface area contributed by atoms with Crippen molar-refractivity contribution in [3.8, 4) is 22.6 Å². The molecule has 4 N–H and O–H groups in total. The van der Waals surface area contributed by atoms with E-state index in [4.69, 9.17) is 10.5 Å². The Labute approximate surface area is 200 Å². The van der Waals surface area contributed by atoms with Crippen LogP contribution in [-0.2, 0) is 19.2 Å². The molecule has 4 amide bonds. The number of nitrogen functional groups attached to an aromatic ring is 1. The van der Waals surface area contributed by atoms with Crippen molar-refractivity contribution < 1.29 is 23.9 Å². The van der Waals surface area contributed by atoms with E-state index in [1.165, 1.54) is 12.2 Å². The van der Waals surface area contributed by atoms with E-state index in [0.717, 1.165) is 5.56 Å². The lowest BCUT2D eigenvalue weighted by Crippen LogP contribution is -2.23. The van der Waals surface area contributed by atoms with Crippen LogP contribution < -0.4 is 21.1 Å². The standard InChI is InChI=1S/C27H19N3O5/c1-14-11-15(9-10-21(14)28)35-22-8-3-2-5-16(22)17-6-4-7-18(19-12-23(31)29-26(19)33)25(17)20-13-24(32)30-27(20)34/h2-13H,28H2,1H3,(H,29,31,33)(H,30,32,34). The molecule has 0 bridgehead atoms. The number of para-hydroxylation sites is 1. The third-order valence-corrected chi connectivity index (χ3v) is 5.78. The number of hydrogen-bond donors (Lipinski definition) is 3. The van der Waals surface area contributed by atoms with Crippen molar-refractivity contribution in [2.45, 2.75) is 6.92 Å². The van der Waals surface area contributed by atoms with E-state index in [1.54, 1.807) is 36.4 Å². The second-order valence-electron chi connectivity index (χ2n) is 8.10. The molecule has 172 valence electrons. The molecule has 2 aliphatic heterocycles. The SMILES string of the molecule is Cc1cc(Oc2ccccc2-c2cccc(C3=CC(=O)NC3=O)c2C2=CC(=O)NC2=O)ccc1N. The molecule has 3 aromatic rings. The zero-order valence-corrected chi connectivity index (χ0v) is 18.5. The van der Waals surface area contributed by atoms with Crippen molar-refractivity contribution in [3.05, 3.63) is 89.5 Å². The van der Waals surface area contributed by atoms with Gasteiger partial charge in [-0.25, -0.2) is 0 Å². The summed E-state index contributed by atoms with van der Waals surface area (Å²) >= 11 is 0. The molecule has 3 aromatic carbocycles. The Balaban J connectivity index is 1.72. The van der Waals surface area contributed by atoms with Gasteiger partial charge in [-0.3, -0.25) is 29.8 Å². The lowest BCUT2D eigenvalue weighted by Gasteiger charge is -2.18. The van der Waals surface area contributed by atoms with Crippen molar-refractivity contribution in [2.24, 2.45) is 0 Å². The number of anilines is 1. The molecular formula is C27H19N3O5. The Hall–Kier alpha value is -4.98. The van der Waals surface area contributed by atoms with Crippen molar-refractivity contribution in [2.75, 3.05) is 5.73 Å². The Morgan fingerprint density at radius 3 is 2.00 bits per heavy atom. The van der Waals surface area contributed by atoms with E-state index in [9.17, 15) is 19.2 Å². The summed E-state index contributed by atoms with van der Waals surface area (Å²) < 4.78 is 6.18. The molecule has 0 fully saturated rings. The third kappa shape index (κ3) is 3.97. The van der Waals surface area contributed by atoms with Gasteiger partial charge >= 0.3 is 0 Å². The van der Waals surface area contributed by atoms with Gasteiger partial charge in [0.1, 0.15) is 11.5 Å². The predicted octanol–water partition coefficient (Wildman–Crippen LogP) is 3.12. The predicted molar refractivity (Wildman–Crippen MR) is 130 cm³/mol. The number of amides is 4. The van der Waals surface area contributed by atoms with E-state index in [1.807, 2.05) is 31.2 Å². The maximum absolute atomic E-state index is 12.7. The summed E-state index contributed by atoms with van der Waals surface area (Å²) in [6.45, 7) is 1.87. The molecular weight excluding hydrogens is 446 g/mol. The first-order valence-electron chi connectivity index (χ1n) is 10.7. The summed E-state index contributed by atoms with van der Waals surface area (Å²) in [5, 5.41) is 4.47. The summed E-state index contributed by atoms with van der Waals surface area (Å²) in [4.78, 5) is 49.1. The zero-order chi connectivity index (χ0) is 24.7. The minimum absolute atomic E-state index is 0.0896. The number of hydrogen-bond acceptors (Lipinski definition) is 6. The lowest BCUT2D eigenvalue weighted by atomic mass is 9.87. The highest BCUT2D eigenvalue weighted by atomic mass is 16.5. The number of ether oxygens (including phenoxy) is 1. The van der Waals surface area contributed by atoms with Gasteiger partial charge in [0.2, 0.25) is 0 Å². The van der Waals surface area contributed by atoms with Crippen LogP contribution in [0.3, 0.4) is 0 Å². The zero-order valence-electron chi connectivity index (χ0n) is 18.5. The number of rotatable bonds is 5. The fraction of sp³-hybridized carbons (Fsp3) is 0.0370. The van der Waals surface area contributed by atoms with E-state index >= 15 is 0 Å². The Morgan fingerprint density at radius 2 is 1.34 bits per heavy atom. The molecule has 0 spiro atoms. The largest absolute Gasteiger partial charge is 0.457 e. The molecule has 0 saturated heterocycles. The summed E-state index contributed by atoms with van der Waals surface area (Å²) in [5.74, 6) is -1.24. The Morgan fingerprint density at radius 1 is 0.714 bits per heavy atom. The topological polar surface area (TPSA) is 128 Å². The minimum atomic E-state index is -0.596. The number of carbonyl (C=O) groups excluding carboxylic acids is 4. The number of aryl methyl sites for hydroxylation is 1. The summed E-state index contributed by atoms with van der Waals surface area (Å²) in [6, 6.07) is 17.6. The number of carbonyl (C=O) groups is 4. The Kier molecular flexibility index (Phi) is 5.25. The second kappa shape index (κ2) is 8.42. The fourth-order valence-corrected chi connectivity index (χ4v) is 4.12. The molecule has 2 heterocycles. The van der Waals surface area contributed by atoms with Crippen LogP contribution in [0, 0.1) is 6.92 Å². The van der Waals surface area contributed by atoms with Crippen molar-refractivity contribution in [3.63, 3.8) is 0 Å². The third-order valence-electron chi connectivity index (χ3n) is 5.78. The smallest absolute Gasteiger partial charge is 0.258 e. The summed E-state index contributed by atoms with van der Waals surface area (Å²) in [6.07, 6.45) is 2.37. The van der Waals surface area contributed by atoms with Crippen LogP contribution in [0.25, 0.3) is 22.3 Å². The molecule has 8 nitrogen and oxygen atoms in total. The Bertz CT molecular complexity index is 1520. The highest BCUT2D eigenvalue weighted by Crippen LogP contribution is 2.41. The van der Waals surface area contributed by atoms with Gasteiger partial charge in [-0.05, 0) is 47.9 Å². The molecule has 0 aromatic heterocycles. The van der Waals surface area contributed by atoms with Gasteiger partial charge in [0.05, 0.1) is 11.1 Å². The average Bonchev–Trinajstić information content (AvgIpc) is 3.35. The normalized spacial score (nSPS) is 15.0. The van der Waals surface area contributed by atoms with Gasteiger partial charge in [-0.1, -0.05) is 36.4 Å².